The van der Waals surface area contributed by atoms with E-state index >= 15 is 0 Å². The number of benzene rings is 2. The van der Waals surface area contributed by atoms with Gasteiger partial charge in [-0.15, -0.1) is 0 Å². The summed E-state index contributed by atoms with van der Waals surface area (Å²) in [5.74, 6) is 0. The second-order valence-electron chi connectivity index (χ2n) is 5.74. The fourth-order valence-corrected chi connectivity index (χ4v) is 3.43. The van der Waals surface area contributed by atoms with Crippen molar-refractivity contribution in [3.05, 3.63) is 72.1 Å². The Morgan fingerprint density at radius 3 is 2.48 bits per heavy atom. The van der Waals surface area contributed by atoms with Crippen molar-refractivity contribution in [2.45, 2.75) is 6.54 Å². The number of para-hydroxylation sites is 2. The first-order valence-electron chi connectivity index (χ1n) is 7.32. The Morgan fingerprint density at radius 2 is 1.67 bits per heavy atom. The van der Waals surface area contributed by atoms with E-state index in [0.717, 1.165) is 6.54 Å². The Labute approximate surface area is 125 Å². The molecular formula is C18H17BN2. The number of hydrogen-bond donors (Lipinski definition) is 0. The predicted octanol–water partition coefficient (Wildman–Crippen LogP) is 3.01. The molecule has 3 aromatic rings. The number of rotatable bonds is 1. The second-order valence-corrected chi connectivity index (χ2v) is 5.74. The van der Waals surface area contributed by atoms with E-state index in [-0.39, 0.29) is 0 Å². The molecule has 0 unspecified atom stereocenters. The summed E-state index contributed by atoms with van der Waals surface area (Å²) in [7, 11) is 4.34. The summed E-state index contributed by atoms with van der Waals surface area (Å²) in [6, 6.07) is 19.3. The van der Waals surface area contributed by atoms with E-state index in [9.17, 15) is 0 Å². The quantitative estimate of drug-likeness (QED) is 0.618. The zero-order valence-corrected chi connectivity index (χ0v) is 12.4. The van der Waals surface area contributed by atoms with Gasteiger partial charge in [-0.2, -0.15) is 0 Å². The molecule has 3 heteroatoms. The molecule has 0 saturated carbocycles. The third-order valence-corrected chi connectivity index (χ3v) is 4.19. The molecule has 102 valence electrons. The molecule has 0 atom stereocenters. The van der Waals surface area contributed by atoms with Gasteiger partial charge in [-0.3, -0.25) is 0 Å². The number of fused-ring (bicyclic) bond motifs is 3. The lowest BCUT2D eigenvalue weighted by Crippen LogP contribution is -2.19. The summed E-state index contributed by atoms with van der Waals surface area (Å²) in [4.78, 5) is 2.26. The minimum atomic E-state index is 0.941. The molecule has 0 N–H and O–H groups in total. The first kappa shape index (κ1) is 12.3. The summed E-state index contributed by atoms with van der Waals surface area (Å²) in [5.41, 5.74) is 6.64. The molecule has 2 aromatic carbocycles. The van der Waals surface area contributed by atoms with Gasteiger partial charge in [0.2, 0.25) is 0 Å². The molecule has 0 spiro atoms. The molecule has 0 fully saturated rings. The van der Waals surface area contributed by atoms with E-state index in [1.54, 1.807) is 0 Å². The standard InChI is InChI=1S/C18H17BN2/c1-20-11-15(19)18-14-9-5-6-10-16(14)21(17(18)12-20)13-7-3-2-4-8-13/h2-11H,12,19H2,1H3. The van der Waals surface area contributed by atoms with Crippen LogP contribution in [0.1, 0.15) is 11.3 Å². The Balaban J connectivity index is 2.12. The molecule has 2 heterocycles. The van der Waals surface area contributed by atoms with E-state index in [4.69, 9.17) is 0 Å². The van der Waals surface area contributed by atoms with Crippen LogP contribution < -0.4 is 0 Å². The molecule has 0 aliphatic carbocycles. The average Bonchev–Trinajstić information content (AvgIpc) is 2.82. The van der Waals surface area contributed by atoms with Crippen molar-refractivity contribution in [1.82, 2.24) is 9.47 Å². The molecule has 4 rings (SSSR count). The lowest BCUT2D eigenvalue weighted by molar-refractivity contribution is 0.437. The zero-order chi connectivity index (χ0) is 14.4. The Kier molecular flexibility index (Phi) is 2.68. The van der Waals surface area contributed by atoms with Crippen LogP contribution in [0.5, 0.6) is 0 Å². The normalized spacial score (nSPS) is 14.1. The van der Waals surface area contributed by atoms with Crippen LogP contribution in [0.3, 0.4) is 0 Å². The topological polar surface area (TPSA) is 8.17 Å². The van der Waals surface area contributed by atoms with Crippen molar-refractivity contribution < 1.29 is 0 Å². The van der Waals surface area contributed by atoms with E-state index in [0.29, 0.717) is 0 Å². The van der Waals surface area contributed by atoms with Gasteiger partial charge >= 0.3 is 0 Å². The smallest absolute Gasteiger partial charge is 0.142 e. The molecular weight excluding hydrogens is 255 g/mol. The predicted molar refractivity (Wildman–Crippen MR) is 91.3 cm³/mol. The molecule has 1 aliphatic rings. The number of hydrogen-bond acceptors (Lipinski definition) is 1. The maximum atomic E-state index is 2.40. The lowest BCUT2D eigenvalue weighted by Gasteiger charge is -2.24. The minimum absolute atomic E-state index is 0.941. The fraction of sp³-hybridized carbons (Fsp3) is 0.111. The maximum Gasteiger partial charge on any atom is 0.142 e. The van der Waals surface area contributed by atoms with Gasteiger partial charge in [-0.05, 0) is 24.4 Å². The molecule has 1 aliphatic heterocycles. The molecule has 2 nitrogen and oxygen atoms in total. The van der Waals surface area contributed by atoms with Crippen molar-refractivity contribution >= 4 is 24.2 Å². The van der Waals surface area contributed by atoms with Crippen LogP contribution >= 0.6 is 0 Å². The largest absolute Gasteiger partial charge is 0.375 e. The molecule has 0 radical (unpaired) electrons. The van der Waals surface area contributed by atoms with Gasteiger partial charge in [-0.1, -0.05) is 41.9 Å². The lowest BCUT2D eigenvalue weighted by atomic mass is 9.85. The van der Waals surface area contributed by atoms with Crippen LogP contribution in [0.4, 0.5) is 0 Å². The van der Waals surface area contributed by atoms with Gasteiger partial charge < -0.3 is 9.47 Å². The first-order valence-corrected chi connectivity index (χ1v) is 7.32. The van der Waals surface area contributed by atoms with Gasteiger partial charge in [0, 0.05) is 29.4 Å². The van der Waals surface area contributed by atoms with Crippen molar-refractivity contribution in [2.24, 2.45) is 0 Å². The number of aromatic nitrogens is 1. The molecule has 1 aromatic heterocycles. The number of nitrogens with zero attached hydrogens (tertiary/aromatic N) is 2. The fourth-order valence-electron chi connectivity index (χ4n) is 3.43. The van der Waals surface area contributed by atoms with E-state index < -0.39 is 0 Å². The van der Waals surface area contributed by atoms with Crippen LogP contribution in [0.2, 0.25) is 0 Å². The van der Waals surface area contributed by atoms with Crippen LogP contribution in [-0.2, 0) is 6.54 Å². The van der Waals surface area contributed by atoms with Crippen LogP contribution in [0.15, 0.2) is 60.8 Å². The van der Waals surface area contributed by atoms with E-state index in [1.807, 2.05) is 0 Å². The zero-order valence-electron chi connectivity index (χ0n) is 12.4. The van der Waals surface area contributed by atoms with Crippen molar-refractivity contribution in [2.75, 3.05) is 7.05 Å². The van der Waals surface area contributed by atoms with Gasteiger partial charge in [0.05, 0.1) is 12.1 Å². The first-order chi connectivity index (χ1) is 10.3. The highest BCUT2D eigenvalue weighted by molar-refractivity contribution is 6.44. The highest BCUT2D eigenvalue weighted by Crippen LogP contribution is 2.36. The highest BCUT2D eigenvalue weighted by Gasteiger charge is 2.22. The molecule has 21 heavy (non-hydrogen) atoms. The van der Waals surface area contributed by atoms with Crippen LogP contribution in [-0.4, -0.2) is 24.4 Å². The van der Waals surface area contributed by atoms with Gasteiger partial charge in [0.15, 0.2) is 0 Å². The molecule has 0 bridgehead atoms. The van der Waals surface area contributed by atoms with Crippen LogP contribution in [0.25, 0.3) is 22.1 Å². The van der Waals surface area contributed by atoms with Gasteiger partial charge in [0.25, 0.3) is 0 Å². The monoisotopic (exact) mass is 272 g/mol. The summed E-state index contributed by atoms with van der Waals surface area (Å²) < 4.78 is 2.40. The molecule has 0 amide bonds. The van der Waals surface area contributed by atoms with Gasteiger partial charge in [-0.25, -0.2) is 0 Å². The maximum absolute atomic E-state index is 2.40. The van der Waals surface area contributed by atoms with Crippen molar-refractivity contribution in [1.29, 1.82) is 0 Å². The van der Waals surface area contributed by atoms with Crippen LogP contribution in [0, 0.1) is 0 Å². The average molecular weight is 272 g/mol. The van der Waals surface area contributed by atoms with E-state index in [2.05, 4.69) is 85.2 Å². The third-order valence-electron chi connectivity index (χ3n) is 4.19. The third kappa shape index (κ3) is 1.81. The second kappa shape index (κ2) is 4.56. The summed E-state index contributed by atoms with van der Waals surface area (Å²) in [6.07, 6.45) is 2.24. The van der Waals surface area contributed by atoms with Crippen molar-refractivity contribution in [3.8, 4) is 5.69 Å². The Hall–Kier alpha value is -2.42. The summed E-state index contributed by atoms with van der Waals surface area (Å²) in [5, 5.41) is 1.35. The Morgan fingerprint density at radius 1 is 0.952 bits per heavy atom. The SMILES string of the molecule is BC1=CN(C)Cc2c1c1ccccc1n2-c1ccccc1. The minimum Gasteiger partial charge on any atom is -0.375 e. The Bertz CT molecular complexity index is 846. The summed E-state index contributed by atoms with van der Waals surface area (Å²) >= 11 is 0. The van der Waals surface area contributed by atoms with Crippen molar-refractivity contribution in [3.63, 3.8) is 0 Å². The molecule has 0 saturated heterocycles. The van der Waals surface area contributed by atoms with E-state index in [1.165, 1.54) is 33.3 Å². The highest BCUT2D eigenvalue weighted by atomic mass is 15.1. The summed E-state index contributed by atoms with van der Waals surface area (Å²) in [6.45, 7) is 0.941. The van der Waals surface area contributed by atoms with Gasteiger partial charge in [0.1, 0.15) is 7.85 Å².